The summed E-state index contributed by atoms with van der Waals surface area (Å²) in [6.07, 6.45) is -0.351. The molecule has 2 unspecified atom stereocenters. The Labute approximate surface area is 96.1 Å². The Morgan fingerprint density at radius 1 is 1.75 bits per heavy atom. The van der Waals surface area contributed by atoms with Crippen molar-refractivity contribution in [3.63, 3.8) is 0 Å². The summed E-state index contributed by atoms with van der Waals surface area (Å²) in [6.45, 7) is 1.49. The second-order valence-corrected chi connectivity index (χ2v) is 4.33. The van der Waals surface area contributed by atoms with E-state index in [1.54, 1.807) is 0 Å². The summed E-state index contributed by atoms with van der Waals surface area (Å²) in [5.41, 5.74) is -1.75. The molecular formula is C9H12N2O4S. The number of nitrogens with zero attached hydrogens (tertiary/aromatic N) is 1. The number of nitrogens with one attached hydrogen (secondary N) is 1. The van der Waals surface area contributed by atoms with Crippen LogP contribution in [-0.4, -0.2) is 38.1 Å². The van der Waals surface area contributed by atoms with Crippen LogP contribution in [-0.2, 0) is 4.74 Å². The molecule has 1 aromatic heterocycles. The predicted octanol–water partition coefficient (Wildman–Crippen LogP) is -0.453. The molecule has 0 bridgehead atoms. The molecule has 0 aliphatic carbocycles. The van der Waals surface area contributed by atoms with Gasteiger partial charge in [0.2, 0.25) is 0 Å². The van der Waals surface area contributed by atoms with Crippen LogP contribution in [0.1, 0.15) is 13.2 Å². The van der Waals surface area contributed by atoms with Crippen LogP contribution in [0.5, 0.6) is 0 Å². The van der Waals surface area contributed by atoms with Crippen molar-refractivity contribution in [2.24, 2.45) is 0 Å². The summed E-state index contributed by atoms with van der Waals surface area (Å²) in [4.78, 5) is 13.4. The molecule has 0 aromatic carbocycles. The van der Waals surface area contributed by atoms with Crippen molar-refractivity contribution in [1.82, 2.24) is 9.55 Å². The van der Waals surface area contributed by atoms with Gasteiger partial charge in [-0.15, -0.1) is 0 Å². The smallest absolute Gasteiger partial charge is 0.251 e. The largest absolute Gasteiger partial charge is 0.388 e. The Morgan fingerprint density at radius 3 is 2.94 bits per heavy atom. The number of rotatable bonds is 1. The van der Waals surface area contributed by atoms with Gasteiger partial charge in [0, 0.05) is 12.3 Å². The number of H-pyrrole nitrogens is 1. The zero-order valence-corrected chi connectivity index (χ0v) is 9.40. The summed E-state index contributed by atoms with van der Waals surface area (Å²) in [6, 6.07) is 1.28. The fourth-order valence-electron chi connectivity index (χ4n) is 1.66. The molecule has 0 spiro atoms. The van der Waals surface area contributed by atoms with E-state index in [9.17, 15) is 15.0 Å². The van der Waals surface area contributed by atoms with Crippen LogP contribution in [0.25, 0.3) is 0 Å². The summed E-state index contributed by atoms with van der Waals surface area (Å²) >= 11 is 4.95. The van der Waals surface area contributed by atoms with Crippen molar-refractivity contribution in [3.8, 4) is 0 Å². The molecule has 3 atom stereocenters. The van der Waals surface area contributed by atoms with Gasteiger partial charge in [0.25, 0.3) is 5.56 Å². The van der Waals surface area contributed by atoms with Crippen LogP contribution < -0.4 is 5.56 Å². The van der Waals surface area contributed by atoms with E-state index in [2.05, 4.69) is 4.98 Å². The van der Waals surface area contributed by atoms with Crippen molar-refractivity contribution in [2.75, 3.05) is 6.61 Å². The van der Waals surface area contributed by atoms with Crippen molar-refractivity contribution < 1.29 is 14.9 Å². The molecule has 1 aliphatic rings. The van der Waals surface area contributed by atoms with Gasteiger partial charge in [0.15, 0.2) is 11.0 Å². The van der Waals surface area contributed by atoms with Gasteiger partial charge < -0.3 is 14.9 Å². The van der Waals surface area contributed by atoms with Crippen LogP contribution in [0.3, 0.4) is 0 Å². The number of aromatic nitrogens is 2. The van der Waals surface area contributed by atoms with E-state index in [1.807, 2.05) is 0 Å². The highest BCUT2D eigenvalue weighted by atomic mass is 32.1. The lowest BCUT2D eigenvalue weighted by atomic mass is 10.0. The van der Waals surface area contributed by atoms with Crippen molar-refractivity contribution >= 4 is 12.2 Å². The average Bonchev–Trinajstić information content (AvgIpc) is 2.44. The first-order chi connectivity index (χ1) is 7.43. The molecule has 0 amide bonds. The molecule has 88 valence electrons. The van der Waals surface area contributed by atoms with Crippen molar-refractivity contribution in [2.45, 2.75) is 24.9 Å². The highest BCUT2D eigenvalue weighted by Crippen LogP contribution is 2.33. The minimum Gasteiger partial charge on any atom is -0.388 e. The first kappa shape index (κ1) is 11.5. The predicted molar refractivity (Wildman–Crippen MR) is 57.5 cm³/mol. The maximum absolute atomic E-state index is 11.0. The Hall–Kier alpha value is -1.02. The Morgan fingerprint density at radius 2 is 2.44 bits per heavy atom. The molecule has 16 heavy (non-hydrogen) atoms. The lowest BCUT2D eigenvalue weighted by molar-refractivity contribution is -0.0949. The molecule has 0 radical (unpaired) electrons. The standard InChI is InChI=1S/C9H12N2O4S/c1-9(14)5(12)4-15-7(9)11-3-2-6(13)10-8(11)16/h2-3,5,7,12,14H,4H2,1H3,(H,10,13,16)/t5?,7-,9?/m1/s1. The van der Waals surface area contributed by atoms with Crippen LogP contribution in [0, 0.1) is 4.77 Å². The van der Waals surface area contributed by atoms with E-state index in [1.165, 1.54) is 23.8 Å². The van der Waals surface area contributed by atoms with E-state index >= 15 is 0 Å². The van der Waals surface area contributed by atoms with Crippen LogP contribution in [0.4, 0.5) is 0 Å². The van der Waals surface area contributed by atoms with Gasteiger partial charge in [-0.05, 0) is 19.1 Å². The fourth-order valence-corrected chi connectivity index (χ4v) is 1.92. The maximum Gasteiger partial charge on any atom is 0.251 e. The molecule has 2 rings (SSSR count). The molecule has 3 N–H and O–H groups in total. The molecule has 1 fully saturated rings. The zero-order valence-electron chi connectivity index (χ0n) is 8.58. The summed E-state index contributed by atoms with van der Waals surface area (Å²) in [5, 5.41) is 19.6. The molecule has 1 saturated heterocycles. The van der Waals surface area contributed by atoms with Gasteiger partial charge in [-0.1, -0.05) is 0 Å². The number of hydrogen-bond acceptors (Lipinski definition) is 5. The Bertz CT molecular complexity index is 507. The second kappa shape index (κ2) is 3.77. The summed E-state index contributed by atoms with van der Waals surface area (Å²) in [5.74, 6) is 0. The minimum absolute atomic E-state index is 0.0264. The third kappa shape index (κ3) is 1.71. The SMILES string of the molecule is CC1(O)C(O)CO[C@H]1n1ccc(=O)[nH]c1=S. The van der Waals surface area contributed by atoms with Gasteiger partial charge in [0.05, 0.1) is 6.61 Å². The lowest BCUT2D eigenvalue weighted by Gasteiger charge is -2.27. The van der Waals surface area contributed by atoms with E-state index in [0.29, 0.717) is 0 Å². The second-order valence-electron chi connectivity index (χ2n) is 3.94. The average molecular weight is 244 g/mol. The number of hydrogen-bond donors (Lipinski definition) is 3. The number of aliphatic hydroxyl groups is 2. The van der Waals surface area contributed by atoms with E-state index < -0.39 is 17.9 Å². The highest BCUT2D eigenvalue weighted by Gasteiger charge is 2.47. The third-order valence-electron chi connectivity index (χ3n) is 2.69. The van der Waals surface area contributed by atoms with E-state index in [-0.39, 0.29) is 16.9 Å². The minimum atomic E-state index is -1.43. The summed E-state index contributed by atoms with van der Waals surface area (Å²) in [7, 11) is 0. The fraction of sp³-hybridized carbons (Fsp3) is 0.556. The van der Waals surface area contributed by atoms with Gasteiger partial charge in [-0.2, -0.15) is 0 Å². The van der Waals surface area contributed by atoms with Crippen LogP contribution >= 0.6 is 12.2 Å². The Kier molecular flexibility index (Phi) is 2.70. The molecule has 0 saturated carbocycles. The first-order valence-corrected chi connectivity index (χ1v) is 5.17. The molecule has 1 aliphatic heterocycles. The Balaban J connectivity index is 2.46. The molecule has 7 heteroatoms. The number of aliphatic hydroxyl groups excluding tert-OH is 1. The monoisotopic (exact) mass is 244 g/mol. The molecular weight excluding hydrogens is 232 g/mol. The third-order valence-corrected chi connectivity index (χ3v) is 3.00. The van der Waals surface area contributed by atoms with Gasteiger partial charge >= 0.3 is 0 Å². The molecule has 2 heterocycles. The number of aromatic amines is 1. The first-order valence-electron chi connectivity index (χ1n) is 4.76. The summed E-state index contributed by atoms with van der Waals surface area (Å²) < 4.78 is 6.82. The van der Waals surface area contributed by atoms with E-state index in [4.69, 9.17) is 17.0 Å². The zero-order chi connectivity index (χ0) is 11.9. The quantitative estimate of drug-likeness (QED) is 0.582. The molecule has 6 nitrogen and oxygen atoms in total. The normalized spacial score (nSPS) is 34.2. The van der Waals surface area contributed by atoms with Crippen LogP contribution in [0.2, 0.25) is 0 Å². The maximum atomic E-state index is 11.0. The van der Waals surface area contributed by atoms with Gasteiger partial charge in [0.1, 0.15) is 11.7 Å². The highest BCUT2D eigenvalue weighted by molar-refractivity contribution is 7.71. The lowest BCUT2D eigenvalue weighted by Crippen LogP contribution is -2.42. The van der Waals surface area contributed by atoms with Crippen LogP contribution in [0.15, 0.2) is 17.1 Å². The number of ether oxygens (including phenoxy) is 1. The van der Waals surface area contributed by atoms with Gasteiger partial charge in [-0.3, -0.25) is 14.3 Å². The van der Waals surface area contributed by atoms with Crippen molar-refractivity contribution in [1.29, 1.82) is 0 Å². The van der Waals surface area contributed by atoms with Gasteiger partial charge in [-0.25, -0.2) is 0 Å². The topological polar surface area (TPSA) is 87.5 Å². The molecule has 1 aromatic rings. The van der Waals surface area contributed by atoms with E-state index in [0.717, 1.165) is 0 Å². The van der Waals surface area contributed by atoms with Crippen molar-refractivity contribution in [3.05, 3.63) is 27.4 Å².